The quantitative estimate of drug-likeness (QED) is 0.355. The van der Waals surface area contributed by atoms with Gasteiger partial charge < -0.3 is 4.57 Å². The number of halogens is 4. The Morgan fingerprint density at radius 1 is 1.03 bits per heavy atom. The molecule has 2 heterocycles. The van der Waals surface area contributed by atoms with Crippen LogP contribution in [-0.4, -0.2) is 38.5 Å². The molecule has 0 N–H and O–H groups in total. The van der Waals surface area contributed by atoms with Crippen LogP contribution in [0.25, 0.3) is 11.4 Å². The number of nitrogens with zero attached hydrogens (tertiary/aromatic N) is 4. The SMILES string of the molecule is Cl.Cn1c(SCCCN2CCc3cc(C(F)(F)F)ccc3C2)nnc1-c1ccccc1. The Balaban J connectivity index is 0.00000272. The molecule has 0 atom stereocenters. The third-order valence-corrected chi connectivity index (χ3v) is 6.45. The van der Waals surface area contributed by atoms with E-state index >= 15 is 0 Å². The highest BCUT2D eigenvalue weighted by Crippen LogP contribution is 2.32. The first-order valence-corrected chi connectivity index (χ1v) is 10.9. The van der Waals surface area contributed by atoms with E-state index in [4.69, 9.17) is 0 Å². The van der Waals surface area contributed by atoms with Crippen molar-refractivity contribution in [2.45, 2.75) is 30.7 Å². The molecule has 1 aromatic heterocycles. The van der Waals surface area contributed by atoms with E-state index in [2.05, 4.69) is 15.1 Å². The van der Waals surface area contributed by atoms with Crippen LogP contribution in [0.1, 0.15) is 23.1 Å². The molecule has 0 spiro atoms. The maximum Gasteiger partial charge on any atom is 0.416 e. The van der Waals surface area contributed by atoms with Gasteiger partial charge in [-0.3, -0.25) is 4.90 Å². The van der Waals surface area contributed by atoms with Crippen LogP contribution in [0.5, 0.6) is 0 Å². The smallest absolute Gasteiger partial charge is 0.305 e. The van der Waals surface area contributed by atoms with E-state index in [1.807, 2.05) is 41.9 Å². The number of rotatable bonds is 6. The molecule has 0 unspecified atom stereocenters. The van der Waals surface area contributed by atoms with Crippen molar-refractivity contribution < 1.29 is 13.2 Å². The Hall–Kier alpha value is -2.03. The van der Waals surface area contributed by atoms with E-state index in [9.17, 15) is 13.2 Å². The molecule has 0 radical (unpaired) electrons. The van der Waals surface area contributed by atoms with Gasteiger partial charge in [-0.1, -0.05) is 48.2 Å². The summed E-state index contributed by atoms with van der Waals surface area (Å²) in [6.45, 7) is 2.41. The highest BCUT2D eigenvalue weighted by Gasteiger charge is 2.31. The number of hydrogen-bond acceptors (Lipinski definition) is 4. The normalized spacial score (nSPS) is 14.2. The molecular weight excluding hydrogens is 445 g/mol. The Morgan fingerprint density at radius 2 is 1.81 bits per heavy atom. The van der Waals surface area contributed by atoms with E-state index in [0.717, 1.165) is 52.9 Å². The van der Waals surface area contributed by atoms with Crippen LogP contribution < -0.4 is 0 Å². The van der Waals surface area contributed by atoms with E-state index in [-0.39, 0.29) is 12.4 Å². The van der Waals surface area contributed by atoms with Gasteiger partial charge in [0.2, 0.25) is 0 Å². The first-order chi connectivity index (χ1) is 14.4. The zero-order chi connectivity index (χ0) is 21.1. The monoisotopic (exact) mass is 468 g/mol. The molecule has 0 aliphatic carbocycles. The standard InChI is InChI=1S/C22H23F3N4S.ClH/c1-28-20(16-6-3-2-4-7-16)26-27-21(28)30-13-5-11-29-12-10-17-14-19(22(23,24)25)9-8-18(17)15-29;/h2-4,6-9,14H,5,10-13,15H2,1H3;1H. The van der Waals surface area contributed by atoms with Crippen LogP contribution in [0.2, 0.25) is 0 Å². The molecule has 0 saturated carbocycles. The van der Waals surface area contributed by atoms with E-state index in [0.29, 0.717) is 13.0 Å². The molecule has 2 aromatic carbocycles. The summed E-state index contributed by atoms with van der Waals surface area (Å²) in [6, 6.07) is 14.1. The fourth-order valence-electron chi connectivity index (χ4n) is 3.71. The number of fused-ring (bicyclic) bond motifs is 1. The largest absolute Gasteiger partial charge is 0.416 e. The van der Waals surface area contributed by atoms with Gasteiger partial charge in [0.05, 0.1) is 5.56 Å². The van der Waals surface area contributed by atoms with Crippen LogP contribution in [0.4, 0.5) is 13.2 Å². The van der Waals surface area contributed by atoms with Crippen LogP contribution >= 0.6 is 24.2 Å². The summed E-state index contributed by atoms with van der Waals surface area (Å²) in [4.78, 5) is 2.31. The lowest BCUT2D eigenvalue weighted by molar-refractivity contribution is -0.137. The van der Waals surface area contributed by atoms with Crippen LogP contribution in [-0.2, 0) is 26.2 Å². The number of alkyl halides is 3. The average Bonchev–Trinajstić information content (AvgIpc) is 3.11. The van der Waals surface area contributed by atoms with Crippen LogP contribution in [0, 0.1) is 0 Å². The molecule has 0 fully saturated rings. The predicted octanol–water partition coefficient (Wildman–Crippen LogP) is 5.46. The topological polar surface area (TPSA) is 34.0 Å². The van der Waals surface area contributed by atoms with Gasteiger partial charge in [0, 0.05) is 31.5 Å². The number of thioether (sulfide) groups is 1. The zero-order valence-corrected chi connectivity index (χ0v) is 18.7. The molecule has 166 valence electrons. The Kier molecular flexibility index (Phi) is 7.67. The van der Waals surface area contributed by atoms with Crippen molar-refractivity contribution in [2.24, 2.45) is 7.05 Å². The average molecular weight is 469 g/mol. The summed E-state index contributed by atoms with van der Waals surface area (Å²) in [5.74, 6) is 1.76. The zero-order valence-electron chi connectivity index (χ0n) is 17.1. The van der Waals surface area contributed by atoms with Gasteiger partial charge in [0.25, 0.3) is 0 Å². The molecule has 0 saturated heterocycles. The van der Waals surface area contributed by atoms with Gasteiger partial charge in [-0.25, -0.2) is 0 Å². The van der Waals surface area contributed by atoms with Gasteiger partial charge in [0.1, 0.15) is 0 Å². The maximum absolute atomic E-state index is 12.9. The van der Waals surface area contributed by atoms with Crippen molar-refractivity contribution >= 4 is 24.2 Å². The Morgan fingerprint density at radius 3 is 2.55 bits per heavy atom. The molecule has 4 nitrogen and oxygen atoms in total. The molecule has 1 aliphatic heterocycles. The second kappa shape index (κ2) is 10.1. The summed E-state index contributed by atoms with van der Waals surface area (Å²) in [6.07, 6.45) is -2.63. The van der Waals surface area contributed by atoms with Gasteiger partial charge in [-0.05, 0) is 42.6 Å². The summed E-state index contributed by atoms with van der Waals surface area (Å²) in [7, 11) is 1.97. The highest BCUT2D eigenvalue weighted by atomic mass is 35.5. The van der Waals surface area contributed by atoms with Gasteiger partial charge in [-0.15, -0.1) is 22.6 Å². The Labute approximate surface area is 190 Å². The van der Waals surface area contributed by atoms with Crippen molar-refractivity contribution in [1.29, 1.82) is 0 Å². The van der Waals surface area contributed by atoms with Gasteiger partial charge >= 0.3 is 6.18 Å². The maximum atomic E-state index is 12.9. The van der Waals surface area contributed by atoms with Crippen molar-refractivity contribution in [3.63, 3.8) is 0 Å². The lowest BCUT2D eigenvalue weighted by Crippen LogP contribution is -2.31. The summed E-state index contributed by atoms with van der Waals surface area (Å²) in [5.41, 5.74) is 2.32. The predicted molar refractivity (Wildman–Crippen MR) is 119 cm³/mol. The van der Waals surface area contributed by atoms with Gasteiger partial charge in [-0.2, -0.15) is 13.2 Å². The minimum atomic E-state index is -4.27. The lowest BCUT2D eigenvalue weighted by atomic mass is 9.97. The van der Waals surface area contributed by atoms with Crippen LogP contribution in [0.3, 0.4) is 0 Å². The molecule has 0 bridgehead atoms. The summed E-state index contributed by atoms with van der Waals surface area (Å²) >= 11 is 1.68. The third kappa shape index (κ3) is 5.61. The number of aromatic nitrogens is 3. The molecule has 9 heteroatoms. The van der Waals surface area contributed by atoms with Crippen molar-refractivity contribution in [2.75, 3.05) is 18.8 Å². The fraction of sp³-hybridized carbons (Fsp3) is 0.364. The van der Waals surface area contributed by atoms with Gasteiger partial charge in [0.15, 0.2) is 11.0 Å². The Bertz CT molecular complexity index is 1010. The lowest BCUT2D eigenvalue weighted by Gasteiger charge is -2.29. The molecule has 31 heavy (non-hydrogen) atoms. The van der Waals surface area contributed by atoms with E-state index < -0.39 is 11.7 Å². The number of hydrogen-bond donors (Lipinski definition) is 0. The third-order valence-electron chi connectivity index (χ3n) is 5.34. The molecular formula is C22H24ClF3N4S. The molecule has 3 aromatic rings. The molecule has 0 amide bonds. The first-order valence-electron chi connectivity index (χ1n) is 9.91. The minimum Gasteiger partial charge on any atom is -0.305 e. The molecule has 4 rings (SSSR count). The van der Waals surface area contributed by atoms with E-state index in [1.54, 1.807) is 17.8 Å². The van der Waals surface area contributed by atoms with Crippen molar-refractivity contribution in [3.8, 4) is 11.4 Å². The van der Waals surface area contributed by atoms with Crippen molar-refractivity contribution in [3.05, 3.63) is 65.2 Å². The second-order valence-corrected chi connectivity index (χ2v) is 8.50. The van der Waals surface area contributed by atoms with Crippen molar-refractivity contribution in [1.82, 2.24) is 19.7 Å². The summed E-state index contributed by atoms with van der Waals surface area (Å²) < 4.78 is 40.7. The first kappa shape index (κ1) is 23.6. The fourth-order valence-corrected chi connectivity index (χ4v) is 4.54. The minimum absolute atomic E-state index is 0. The number of benzene rings is 2. The summed E-state index contributed by atoms with van der Waals surface area (Å²) in [5, 5.41) is 9.50. The molecule has 1 aliphatic rings. The van der Waals surface area contributed by atoms with Crippen LogP contribution in [0.15, 0.2) is 53.7 Å². The van der Waals surface area contributed by atoms with E-state index in [1.165, 1.54) is 12.1 Å². The second-order valence-electron chi connectivity index (χ2n) is 7.44. The highest BCUT2D eigenvalue weighted by molar-refractivity contribution is 7.99.